The summed E-state index contributed by atoms with van der Waals surface area (Å²) in [5.74, 6) is -0.912. The molecule has 1 heterocycles. The Morgan fingerprint density at radius 2 is 1.64 bits per heavy atom. The number of nitrogens with zero attached hydrogens (tertiary/aromatic N) is 3. The molecule has 2 aromatic carbocycles. The summed E-state index contributed by atoms with van der Waals surface area (Å²) in [7, 11) is 1.74. The van der Waals surface area contributed by atoms with Crippen molar-refractivity contribution >= 4 is 35.1 Å². The van der Waals surface area contributed by atoms with Gasteiger partial charge in [-0.05, 0) is 50.1 Å². The molecule has 0 saturated heterocycles. The number of likely N-dealkylation sites (N-methyl/N-ethyl adjacent to an activating group) is 1. The molecule has 0 fully saturated rings. The van der Waals surface area contributed by atoms with Crippen molar-refractivity contribution in [2.45, 2.75) is 59.4 Å². The summed E-state index contributed by atoms with van der Waals surface area (Å²) in [6.07, 6.45) is 0. The number of esters is 1. The number of carbonyl (C=O) groups is 3. The molecule has 1 aliphatic rings. The molecule has 2 aromatic rings. The van der Waals surface area contributed by atoms with Gasteiger partial charge in [-0.15, -0.1) is 0 Å². The van der Waals surface area contributed by atoms with Crippen molar-refractivity contribution in [3.8, 4) is 0 Å². The molecule has 0 radical (unpaired) electrons. The molecular formula is C29H40ClN5O4. The number of carbonyl (C=O) groups excluding carboxylic acids is 3. The molecule has 2 amide bonds. The summed E-state index contributed by atoms with van der Waals surface area (Å²) in [5, 5.41) is 10.2. The molecule has 0 unspecified atom stereocenters. The molecule has 0 bridgehead atoms. The highest BCUT2D eigenvalue weighted by Crippen LogP contribution is 2.28. The van der Waals surface area contributed by atoms with Gasteiger partial charge >= 0.3 is 5.97 Å². The minimum Gasteiger partial charge on any atom is -0.456 e. The maximum Gasteiger partial charge on any atom is 0.338 e. The van der Waals surface area contributed by atoms with E-state index < -0.39 is 11.6 Å². The third kappa shape index (κ3) is 8.76. The second-order valence-corrected chi connectivity index (χ2v) is 11.3. The standard InChI is InChI=1S/C29H40ClN5O4/c1-20(2)32-13-14-35(25-15-21(11-12-24(25)30)28(38)39-29(3,4)5)27(37)17-31-16-26(36)33(6)34-18-22-9-7-8-10-23(22)19-34/h7-12,15,20,31-32H,13-14,16-19H2,1-6H3. The van der Waals surface area contributed by atoms with Gasteiger partial charge in [0.2, 0.25) is 5.91 Å². The lowest BCUT2D eigenvalue weighted by molar-refractivity contribution is -0.145. The van der Waals surface area contributed by atoms with Crippen molar-refractivity contribution in [3.63, 3.8) is 0 Å². The first kappa shape index (κ1) is 30.6. The van der Waals surface area contributed by atoms with E-state index in [0.717, 1.165) is 0 Å². The van der Waals surface area contributed by atoms with Crippen molar-refractivity contribution in [1.29, 1.82) is 0 Å². The number of fused-ring (bicyclic) bond motifs is 1. The topological polar surface area (TPSA) is 94.2 Å². The van der Waals surface area contributed by atoms with Gasteiger partial charge in [-0.1, -0.05) is 49.7 Å². The molecule has 39 heavy (non-hydrogen) atoms. The average Bonchev–Trinajstić information content (AvgIpc) is 3.29. The smallest absolute Gasteiger partial charge is 0.338 e. The number of benzene rings is 2. The lowest BCUT2D eigenvalue weighted by Crippen LogP contribution is -2.47. The Morgan fingerprint density at radius 3 is 2.23 bits per heavy atom. The van der Waals surface area contributed by atoms with Crippen LogP contribution in [0.4, 0.5) is 5.69 Å². The lowest BCUT2D eigenvalue weighted by atomic mass is 10.1. The quantitative estimate of drug-likeness (QED) is 0.408. The number of hydrogen-bond acceptors (Lipinski definition) is 7. The lowest BCUT2D eigenvalue weighted by Gasteiger charge is -2.28. The molecule has 0 aliphatic carbocycles. The fraction of sp³-hybridized carbons (Fsp3) is 0.483. The van der Waals surface area contributed by atoms with Gasteiger partial charge < -0.3 is 15.0 Å². The minimum absolute atomic E-state index is 0.00114. The van der Waals surface area contributed by atoms with Gasteiger partial charge in [0, 0.05) is 39.3 Å². The third-order valence-corrected chi connectivity index (χ3v) is 6.54. The van der Waals surface area contributed by atoms with E-state index in [1.54, 1.807) is 51.0 Å². The first-order chi connectivity index (χ1) is 18.4. The number of halogens is 1. The van der Waals surface area contributed by atoms with Crippen LogP contribution < -0.4 is 15.5 Å². The number of hydrazine groups is 1. The number of ether oxygens (including phenoxy) is 1. The summed E-state index contributed by atoms with van der Waals surface area (Å²) in [6.45, 7) is 11.5. The fourth-order valence-electron chi connectivity index (χ4n) is 4.20. The molecule has 1 aliphatic heterocycles. The second-order valence-electron chi connectivity index (χ2n) is 10.9. The molecule has 0 saturated carbocycles. The van der Waals surface area contributed by atoms with Crippen LogP contribution in [-0.4, -0.2) is 72.7 Å². The van der Waals surface area contributed by atoms with E-state index >= 15 is 0 Å². The first-order valence-corrected chi connectivity index (χ1v) is 13.6. The van der Waals surface area contributed by atoms with Crippen molar-refractivity contribution in [2.75, 3.05) is 38.1 Å². The highest BCUT2D eigenvalue weighted by Gasteiger charge is 2.26. The summed E-state index contributed by atoms with van der Waals surface area (Å²) < 4.78 is 5.49. The normalized spacial score (nSPS) is 13.3. The van der Waals surface area contributed by atoms with Gasteiger partial charge in [-0.3, -0.25) is 19.9 Å². The van der Waals surface area contributed by atoms with Crippen molar-refractivity contribution < 1.29 is 19.1 Å². The van der Waals surface area contributed by atoms with E-state index in [9.17, 15) is 14.4 Å². The number of anilines is 1. The second kappa shape index (κ2) is 13.4. The van der Waals surface area contributed by atoms with Gasteiger partial charge in [0.15, 0.2) is 0 Å². The monoisotopic (exact) mass is 557 g/mol. The van der Waals surface area contributed by atoms with Crippen LogP contribution in [0.2, 0.25) is 5.02 Å². The largest absolute Gasteiger partial charge is 0.456 e. The molecule has 0 spiro atoms. The molecule has 2 N–H and O–H groups in total. The van der Waals surface area contributed by atoms with Gasteiger partial charge in [0.05, 0.1) is 29.4 Å². The van der Waals surface area contributed by atoms with Crippen LogP contribution in [0.3, 0.4) is 0 Å². The van der Waals surface area contributed by atoms with Crippen LogP contribution in [0.25, 0.3) is 0 Å². The van der Waals surface area contributed by atoms with Crippen molar-refractivity contribution in [2.24, 2.45) is 0 Å². The Kier molecular flexibility index (Phi) is 10.5. The van der Waals surface area contributed by atoms with E-state index in [-0.39, 0.29) is 30.9 Å². The number of hydrogen-bond donors (Lipinski definition) is 2. The van der Waals surface area contributed by atoms with Crippen molar-refractivity contribution in [1.82, 2.24) is 20.7 Å². The SMILES string of the molecule is CC(C)NCCN(C(=O)CNCC(=O)N(C)N1Cc2ccccc2C1)c1cc(C(=O)OC(C)(C)C)ccc1Cl. The highest BCUT2D eigenvalue weighted by molar-refractivity contribution is 6.34. The Bertz CT molecular complexity index is 1160. The van der Waals surface area contributed by atoms with Gasteiger partial charge in [0.1, 0.15) is 5.60 Å². The predicted octanol–water partition coefficient (Wildman–Crippen LogP) is 3.61. The van der Waals surface area contributed by atoms with Crippen molar-refractivity contribution in [3.05, 3.63) is 64.2 Å². The van der Waals surface area contributed by atoms with Crippen LogP contribution in [-0.2, 0) is 27.4 Å². The van der Waals surface area contributed by atoms with E-state index in [0.29, 0.717) is 42.5 Å². The third-order valence-electron chi connectivity index (χ3n) is 6.22. The molecule has 10 heteroatoms. The minimum atomic E-state index is -0.658. The zero-order chi connectivity index (χ0) is 28.7. The molecule has 212 valence electrons. The van der Waals surface area contributed by atoms with E-state index in [1.165, 1.54) is 16.0 Å². The fourth-order valence-corrected chi connectivity index (χ4v) is 4.42. The van der Waals surface area contributed by atoms with Gasteiger partial charge in [-0.25, -0.2) is 9.80 Å². The summed E-state index contributed by atoms with van der Waals surface area (Å²) in [5.41, 5.74) is 2.47. The number of rotatable bonds is 11. The molecular weight excluding hydrogens is 518 g/mol. The van der Waals surface area contributed by atoms with E-state index in [4.69, 9.17) is 16.3 Å². The van der Waals surface area contributed by atoms with Gasteiger partial charge in [-0.2, -0.15) is 0 Å². The molecule has 9 nitrogen and oxygen atoms in total. The molecule has 0 aromatic heterocycles. The first-order valence-electron chi connectivity index (χ1n) is 13.2. The van der Waals surface area contributed by atoms with E-state index in [1.807, 2.05) is 31.0 Å². The number of nitrogens with one attached hydrogen (secondary N) is 2. The Morgan fingerprint density at radius 1 is 1.03 bits per heavy atom. The van der Waals surface area contributed by atoms with Crippen LogP contribution >= 0.6 is 11.6 Å². The van der Waals surface area contributed by atoms with Crippen LogP contribution in [0.1, 0.15) is 56.1 Å². The molecule has 0 atom stereocenters. The summed E-state index contributed by atoms with van der Waals surface area (Å²) >= 11 is 6.50. The summed E-state index contributed by atoms with van der Waals surface area (Å²) in [4.78, 5) is 40.4. The van der Waals surface area contributed by atoms with Crippen LogP contribution in [0.5, 0.6) is 0 Å². The van der Waals surface area contributed by atoms with Crippen LogP contribution in [0.15, 0.2) is 42.5 Å². The molecule has 3 rings (SSSR count). The van der Waals surface area contributed by atoms with E-state index in [2.05, 4.69) is 22.8 Å². The Labute approximate surface area is 236 Å². The number of amides is 2. The summed E-state index contributed by atoms with van der Waals surface area (Å²) in [6, 6.07) is 13.1. The average molecular weight is 558 g/mol. The van der Waals surface area contributed by atoms with Crippen LogP contribution in [0, 0.1) is 0 Å². The highest BCUT2D eigenvalue weighted by atomic mass is 35.5. The Hall–Kier alpha value is -2.98. The van der Waals surface area contributed by atoms with Gasteiger partial charge in [0.25, 0.3) is 5.91 Å². The maximum atomic E-state index is 13.4. The maximum absolute atomic E-state index is 13.4. The zero-order valence-corrected chi connectivity index (χ0v) is 24.5. The Balaban J connectivity index is 1.65. The zero-order valence-electron chi connectivity index (χ0n) is 23.7. The predicted molar refractivity (Wildman–Crippen MR) is 153 cm³/mol.